The Bertz CT molecular complexity index is 742. The quantitative estimate of drug-likeness (QED) is 0.334. The van der Waals surface area contributed by atoms with Crippen LogP contribution in [0.3, 0.4) is 0 Å². The number of hydrogen-bond acceptors (Lipinski definition) is 1. The molecule has 3 rings (SSSR count). The maximum Gasteiger partial charge on any atom is 0.104 e. The van der Waals surface area contributed by atoms with E-state index in [4.69, 9.17) is 0 Å². The first-order valence-electron chi connectivity index (χ1n) is 7.06. The van der Waals surface area contributed by atoms with Crippen molar-refractivity contribution in [1.29, 1.82) is 0 Å². The van der Waals surface area contributed by atoms with Crippen LogP contribution >= 0.6 is 63.7 Å². The Kier molecular flexibility index (Phi) is 8.17. The van der Waals surface area contributed by atoms with Gasteiger partial charge in [-0.25, -0.2) is 0 Å². The zero-order valence-electron chi connectivity index (χ0n) is 12.5. The van der Waals surface area contributed by atoms with Crippen LogP contribution in [0.4, 0.5) is 0 Å². The zero-order chi connectivity index (χ0) is 17.5. The lowest BCUT2D eigenvalue weighted by atomic mass is 10.0. The predicted molar refractivity (Wildman–Crippen MR) is 114 cm³/mol. The van der Waals surface area contributed by atoms with Crippen molar-refractivity contribution in [3.05, 3.63) is 102 Å². The molecule has 0 bridgehead atoms. The molecule has 3 aromatic carbocycles. The van der Waals surface area contributed by atoms with Gasteiger partial charge in [-0.2, -0.15) is 0 Å². The molecule has 0 aliphatic rings. The Morgan fingerprint density at radius 3 is 1.17 bits per heavy atom. The van der Waals surface area contributed by atoms with Crippen LogP contribution in [0, 0.1) is 0 Å². The fourth-order valence-corrected chi connectivity index (χ4v) is 3.95. The molecule has 0 aliphatic carbocycles. The van der Waals surface area contributed by atoms with Crippen molar-refractivity contribution in [3.63, 3.8) is 0 Å². The minimum absolute atomic E-state index is 0.588. The summed E-state index contributed by atoms with van der Waals surface area (Å²) in [6, 6.07) is 23.4. The van der Waals surface area contributed by atoms with Crippen molar-refractivity contribution < 1.29 is 5.11 Å². The number of benzene rings is 3. The third-order valence-corrected chi connectivity index (χ3v) is 5.09. The van der Waals surface area contributed by atoms with Crippen LogP contribution in [0.25, 0.3) is 0 Å². The summed E-state index contributed by atoms with van der Waals surface area (Å²) in [5, 5.41) is 10.2. The molecule has 24 heavy (non-hydrogen) atoms. The van der Waals surface area contributed by atoms with Gasteiger partial charge in [-0.3, -0.25) is 0 Å². The fraction of sp³-hybridized carbons (Fsp3) is 0.0526. The van der Waals surface area contributed by atoms with Crippen molar-refractivity contribution in [2.45, 2.75) is 6.10 Å². The summed E-state index contributed by atoms with van der Waals surface area (Å²) in [7, 11) is 0. The second-order valence-electron chi connectivity index (χ2n) is 4.95. The summed E-state index contributed by atoms with van der Waals surface area (Å²) in [6.07, 6.45) is -0.588. The number of aliphatic hydroxyl groups is 1. The average Bonchev–Trinajstić information content (AvgIpc) is 2.54. The van der Waals surface area contributed by atoms with Crippen molar-refractivity contribution >= 4 is 63.7 Å². The predicted octanol–water partition coefficient (Wildman–Crippen LogP) is 7.50. The van der Waals surface area contributed by atoms with Crippen LogP contribution in [0.5, 0.6) is 0 Å². The lowest BCUT2D eigenvalue weighted by Gasteiger charge is -2.12. The highest BCUT2D eigenvalue weighted by atomic mass is 79.9. The normalized spacial score (nSPS) is 10.2. The lowest BCUT2D eigenvalue weighted by Crippen LogP contribution is -1.99. The summed E-state index contributed by atoms with van der Waals surface area (Å²) in [5.41, 5.74) is 1.76. The Morgan fingerprint density at radius 1 is 0.542 bits per heavy atom. The highest BCUT2D eigenvalue weighted by molar-refractivity contribution is 9.11. The summed E-state index contributed by atoms with van der Waals surface area (Å²) in [5.74, 6) is 0. The molecule has 0 heterocycles. The highest BCUT2D eigenvalue weighted by Crippen LogP contribution is 2.26. The molecular weight excluding hydrogens is 564 g/mol. The Balaban J connectivity index is 0.000000219. The van der Waals surface area contributed by atoms with E-state index in [0.29, 0.717) is 0 Å². The van der Waals surface area contributed by atoms with Gasteiger partial charge < -0.3 is 5.11 Å². The summed E-state index contributed by atoms with van der Waals surface area (Å²) >= 11 is 13.5. The molecular formula is C19H14Br4O. The van der Waals surface area contributed by atoms with Crippen LogP contribution < -0.4 is 0 Å². The molecule has 0 saturated carbocycles. The zero-order valence-corrected chi connectivity index (χ0v) is 18.8. The van der Waals surface area contributed by atoms with Gasteiger partial charge in [0, 0.05) is 17.9 Å². The highest BCUT2D eigenvalue weighted by Gasteiger charge is 2.10. The minimum Gasteiger partial charge on any atom is -0.384 e. The maximum atomic E-state index is 10.2. The van der Waals surface area contributed by atoms with E-state index in [1.807, 2.05) is 72.8 Å². The van der Waals surface area contributed by atoms with Gasteiger partial charge in [-0.1, -0.05) is 94.1 Å². The summed E-state index contributed by atoms with van der Waals surface area (Å²) < 4.78 is 4.15. The second kappa shape index (κ2) is 9.88. The Labute approximate surface area is 175 Å². The van der Waals surface area contributed by atoms with Gasteiger partial charge in [0.2, 0.25) is 0 Å². The van der Waals surface area contributed by atoms with Crippen molar-refractivity contribution in [2.24, 2.45) is 0 Å². The van der Waals surface area contributed by atoms with Gasteiger partial charge in [0.25, 0.3) is 0 Å². The van der Waals surface area contributed by atoms with E-state index in [-0.39, 0.29) is 0 Å². The molecule has 0 atom stereocenters. The molecule has 3 aromatic rings. The second-order valence-corrected chi connectivity index (χ2v) is 8.62. The summed E-state index contributed by atoms with van der Waals surface area (Å²) in [6.45, 7) is 0. The molecule has 1 nitrogen and oxygen atoms in total. The number of halogens is 4. The number of hydrogen-bond donors (Lipinski definition) is 1. The third-order valence-electron chi connectivity index (χ3n) is 3.12. The Hall–Kier alpha value is -0.460. The van der Waals surface area contributed by atoms with E-state index in [1.54, 1.807) is 0 Å². The van der Waals surface area contributed by atoms with E-state index >= 15 is 0 Å². The average molecular weight is 578 g/mol. The van der Waals surface area contributed by atoms with Crippen LogP contribution in [-0.2, 0) is 0 Å². The molecule has 0 spiro atoms. The molecule has 0 amide bonds. The SMILES string of the molecule is Brc1cccc(Br)c1.OC(c1cccc(Br)c1)c1cccc(Br)c1. The Morgan fingerprint density at radius 2 is 0.875 bits per heavy atom. The van der Waals surface area contributed by atoms with E-state index in [2.05, 4.69) is 63.7 Å². The molecule has 124 valence electrons. The van der Waals surface area contributed by atoms with E-state index in [0.717, 1.165) is 29.0 Å². The fourth-order valence-electron chi connectivity index (χ4n) is 2.01. The molecule has 0 aliphatic heterocycles. The minimum atomic E-state index is -0.588. The van der Waals surface area contributed by atoms with E-state index in [9.17, 15) is 5.11 Å². The van der Waals surface area contributed by atoms with Gasteiger partial charge in [-0.05, 0) is 53.6 Å². The number of rotatable bonds is 2. The van der Waals surface area contributed by atoms with Crippen LogP contribution in [-0.4, -0.2) is 5.11 Å². The molecule has 0 radical (unpaired) electrons. The molecule has 1 N–H and O–H groups in total. The van der Waals surface area contributed by atoms with Crippen LogP contribution in [0.2, 0.25) is 0 Å². The van der Waals surface area contributed by atoms with Gasteiger partial charge in [-0.15, -0.1) is 0 Å². The smallest absolute Gasteiger partial charge is 0.104 e. The first-order chi connectivity index (χ1) is 11.5. The molecule has 0 unspecified atom stereocenters. The third kappa shape index (κ3) is 6.45. The van der Waals surface area contributed by atoms with Crippen molar-refractivity contribution in [3.8, 4) is 0 Å². The largest absolute Gasteiger partial charge is 0.384 e. The standard InChI is InChI=1S/C13H10Br2O.C6H4Br2/c14-11-5-1-3-9(7-11)13(16)10-4-2-6-12(15)8-10;7-5-2-1-3-6(8)4-5/h1-8,13,16H;1-4H. The topological polar surface area (TPSA) is 20.2 Å². The molecule has 0 fully saturated rings. The van der Waals surface area contributed by atoms with Gasteiger partial charge in [0.05, 0.1) is 0 Å². The summed E-state index contributed by atoms with van der Waals surface area (Å²) in [4.78, 5) is 0. The molecule has 0 aromatic heterocycles. The van der Waals surface area contributed by atoms with Crippen molar-refractivity contribution in [1.82, 2.24) is 0 Å². The maximum absolute atomic E-state index is 10.2. The molecule has 0 saturated heterocycles. The van der Waals surface area contributed by atoms with Gasteiger partial charge in [0.15, 0.2) is 0 Å². The van der Waals surface area contributed by atoms with E-state index in [1.165, 1.54) is 0 Å². The van der Waals surface area contributed by atoms with Gasteiger partial charge >= 0.3 is 0 Å². The molecule has 5 heteroatoms. The first-order valence-corrected chi connectivity index (χ1v) is 10.2. The van der Waals surface area contributed by atoms with Crippen molar-refractivity contribution in [2.75, 3.05) is 0 Å². The van der Waals surface area contributed by atoms with Crippen LogP contribution in [0.15, 0.2) is 90.7 Å². The van der Waals surface area contributed by atoms with E-state index < -0.39 is 6.10 Å². The number of aliphatic hydroxyl groups excluding tert-OH is 1. The first kappa shape index (κ1) is 19.9. The lowest BCUT2D eigenvalue weighted by molar-refractivity contribution is 0.220. The van der Waals surface area contributed by atoms with Crippen LogP contribution in [0.1, 0.15) is 17.2 Å². The van der Waals surface area contributed by atoms with Gasteiger partial charge in [0.1, 0.15) is 6.10 Å². The monoisotopic (exact) mass is 574 g/mol.